The summed E-state index contributed by atoms with van der Waals surface area (Å²) >= 11 is 0. The summed E-state index contributed by atoms with van der Waals surface area (Å²) in [7, 11) is -3.81. The monoisotopic (exact) mass is 232 g/mol. The van der Waals surface area contributed by atoms with Crippen molar-refractivity contribution in [2.24, 2.45) is 0 Å². The second-order valence-corrected chi connectivity index (χ2v) is 4.96. The fourth-order valence-electron chi connectivity index (χ4n) is 1.42. The van der Waals surface area contributed by atoms with Gasteiger partial charge in [-0.3, -0.25) is 4.55 Å². The smallest absolute Gasteiger partial charge is 0.264 e. The third-order valence-electron chi connectivity index (χ3n) is 2.17. The Morgan fingerprint density at radius 3 is 2.80 bits per heavy atom. The molecule has 0 aliphatic rings. The largest absolute Gasteiger partial charge is 0.335 e. The second-order valence-electron chi connectivity index (χ2n) is 3.38. The highest BCUT2D eigenvalue weighted by Crippen LogP contribution is 2.02. The average molecular weight is 232 g/mol. The highest BCUT2D eigenvalue weighted by atomic mass is 32.2. The molecule has 1 aromatic heterocycles. The second kappa shape index (κ2) is 5.27. The van der Waals surface area contributed by atoms with Crippen LogP contribution in [0.15, 0.2) is 12.4 Å². The topological polar surface area (TPSA) is 72.2 Å². The van der Waals surface area contributed by atoms with E-state index < -0.39 is 10.1 Å². The first-order valence-corrected chi connectivity index (χ1v) is 6.59. The molecule has 0 saturated heterocycles. The van der Waals surface area contributed by atoms with Gasteiger partial charge in [0, 0.05) is 25.4 Å². The molecule has 1 rings (SSSR count). The Morgan fingerprint density at radius 1 is 1.47 bits per heavy atom. The Labute approximate surface area is 89.9 Å². The van der Waals surface area contributed by atoms with E-state index in [1.807, 2.05) is 17.7 Å². The minimum absolute atomic E-state index is 0.164. The highest BCUT2D eigenvalue weighted by molar-refractivity contribution is 7.85. The van der Waals surface area contributed by atoms with Gasteiger partial charge in [-0.05, 0) is 12.8 Å². The van der Waals surface area contributed by atoms with Crippen LogP contribution >= 0.6 is 0 Å². The zero-order valence-corrected chi connectivity index (χ0v) is 9.57. The predicted octanol–water partition coefficient (Wildman–Crippen LogP) is 1.11. The zero-order valence-electron chi connectivity index (χ0n) is 8.76. The van der Waals surface area contributed by atoms with E-state index in [4.69, 9.17) is 4.55 Å². The number of hydrogen-bond acceptors (Lipinski definition) is 3. The first kappa shape index (κ1) is 12.2. The third-order valence-corrected chi connectivity index (χ3v) is 2.97. The first-order chi connectivity index (χ1) is 7.03. The van der Waals surface area contributed by atoms with Gasteiger partial charge in [-0.25, -0.2) is 4.98 Å². The summed E-state index contributed by atoms with van der Waals surface area (Å²) in [5, 5.41) is 0. The molecule has 0 amide bonds. The SMILES string of the molecule is CCc1nccn1CCCCS(=O)(=O)O. The van der Waals surface area contributed by atoms with E-state index in [9.17, 15) is 8.42 Å². The van der Waals surface area contributed by atoms with Crippen molar-refractivity contribution in [3.8, 4) is 0 Å². The Kier molecular flexibility index (Phi) is 4.28. The summed E-state index contributed by atoms with van der Waals surface area (Å²) in [5.74, 6) is 0.838. The van der Waals surface area contributed by atoms with Crippen LogP contribution in [-0.2, 0) is 23.1 Å². The lowest BCUT2D eigenvalue weighted by Crippen LogP contribution is -2.07. The fourth-order valence-corrected chi connectivity index (χ4v) is 1.99. The number of imidazole rings is 1. The zero-order chi connectivity index (χ0) is 11.3. The van der Waals surface area contributed by atoms with Crippen LogP contribution in [0.5, 0.6) is 0 Å². The van der Waals surface area contributed by atoms with Crippen molar-refractivity contribution in [3.63, 3.8) is 0 Å². The lowest BCUT2D eigenvalue weighted by Gasteiger charge is -2.05. The van der Waals surface area contributed by atoms with Crippen LogP contribution in [0, 0.1) is 0 Å². The summed E-state index contributed by atoms with van der Waals surface area (Å²) in [6, 6.07) is 0. The van der Waals surface area contributed by atoms with E-state index in [0.29, 0.717) is 6.42 Å². The van der Waals surface area contributed by atoms with Crippen molar-refractivity contribution in [1.82, 2.24) is 9.55 Å². The molecule has 0 fully saturated rings. The maximum absolute atomic E-state index is 10.5. The molecule has 0 aliphatic carbocycles. The molecule has 0 unspecified atom stereocenters. The van der Waals surface area contributed by atoms with Crippen LogP contribution in [0.1, 0.15) is 25.6 Å². The quantitative estimate of drug-likeness (QED) is 0.589. The summed E-state index contributed by atoms with van der Waals surface area (Å²) < 4.78 is 31.4. The van der Waals surface area contributed by atoms with Crippen molar-refractivity contribution in [2.45, 2.75) is 32.7 Å². The number of nitrogens with zero attached hydrogens (tertiary/aromatic N) is 2. The molecule has 1 N–H and O–H groups in total. The Bertz CT molecular complexity index is 397. The van der Waals surface area contributed by atoms with Gasteiger partial charge >= 0.3 is 0 Å². The minimum atomic E-state index is -3.81. The molecule has 0 saturated carbocycles. The number of rotatable bonds is 6. The van der Waals surface area contributed by atoms with Crippen LogP contribution in [0.2, 0.25) is 0 Å². The van der Waals surface area contributed by atoms with Gasteiger partial charge in [0.15, 0.2) is 0 Å². The summed E-state index contributed by atoms with van der Waals surface area (Å²) in [4.78, 5) is 4.16. The van der Waals surface area contributed by atoms with Crippen LogP contribution < -0.4 is 0 Å². The normalized spacial score (nSPS) is 11.9. The van der Waals surface area contributed by atoms with E-state index in [1.54, 1.807) is 6.20 Å². The fraction of sp³-hybridized carbons (Fsp3) is 0.667. The molecule has 0 aromatic carbocycles. The summed E-state index contributed by atoms with van der Waals surface area (Å²) in [6.45, 7) is 2.77. The third kappa shape index (κ3) is 4.44. The molecule has 0 spiro atoms. The van der Waals surface area contributed by atoms with Crippen LogP contribution in [-0.4, -0.2) is 28.3 Å². The number of hydrogen-bond donors (Lipinski definition) is 1. The van der Waals surface area contributed by atoms with Crippen LogP contribution in [0.25, 0.3) is 0 Å². The summed E-state index contributed by atoms with van der Waals surface area (Å²) in [6.07, 6.45) is 5.68. The molecule has 0 radical (unpaired) electrons. The molecular formula is C9H16N2O3S. The molecule has 15 heavy (non-hydrogen) atoms. The molecular weight excluding hydrogens is 216 g/mol. The van der Waals surface area contributed by atoms with Gasteiger partial charge in [-0.2, -0.15) is 8.42 Å². The van der Waals surface area contributed by atoms with Gasteiger partial charge in [0.2, 0.25) is 0 Å². The number of aromatic nitrogens is 2. The molecule has 0 bridgehead atoms. The lowest BCUT2D eigenvalue weighted by molar-refractivity contribution is 0.478. The van der Waals surface area contributed by atoms with Crippen LogP contribution in [0.4, 0.5) is 0 Å². The molecule has 1 heterocycles. The van der Waals surface area contributed by atoms with E-state index in [2.05, 4.69) is 4.98 Å². The maximum atomic E-state index is 10.5. The van der Waals surface area contributed by atoms with Gasteiger partial charge in [-0.15, -0.1) is 0 Å². The number of aryl methyl sites for hydroxylation is 2. The van der Waals surface area contributed by atoms with E-state index in [1.165, 1.54) is 0 Å². The van der Waals surface area contributed by atoms with Crippen LogP contribution in [0.3, 0.4) is 0 Å². The van der Waals surface area contributed by atoms with Crippen molar-refractivity contribution >= 4 is 10.1 Å². The number of unbranched alkanes of at least 4 members (excludes halogenated alkanes) is 1. The molecule has 5 nitrogen and oxygen atoms in total. The standard InChI is InChI=1S/C9H16N2O3S/c1-2-9-10-5-7-11(9)6-3-4-8-15(12,13)14/h5,7H,2-4,6,8H2,1H3,(H,12,13,14). The van der Waals surface area contributed by atoms with E-state index >= 15 is 0 Å². The Hall–Kier alpha value is -0.880. The van der Waals surface area contributed by atoms with Gasteiger partial charge in [-0.1, -0.05) is 6.92 Å². The van der Waals surface area contributed by atoms with Gasteiger partial charge in [0.1, 0.15) is 5.82 Å². The van der Waals surface area contributed by atoms with E-state index in [0.717, 1.165) is 25.2 Å². The average Bonchev–Trinajstić information content (AvgIpc) is 2.58. The summed E-state index contributed by atoms with van der Waals surface area (Å²) in [5.41, 5.74) is 0. The lowest BCUT2D eigenvalue weighted by atomic mass is 10.3. The highest BCUT2D eigenvalue weighted by Gasteiger charge is 2.04. The van der Waals surface area contributed by atoms with Gasteiger partial charge in [0.25, 0.3) is 10.1 Å². The Balaban J connectivity index is 2.32. The van der Waals surface area contributed by atoms with Crippen molar-refractivity contribution in [2.75, 3.05) is 5.75 Å². The molecule has 86 valence electrons. The Morgan fingerprint density at radius 2 is 2.20 bits per heavy atom. The molecule has 6 heteroatoms. The molecule has 0 aliphatic heterocycles. The van der Waals surface area contributed by atoms with E-state index in [-0.39, 0.29) is 5.75 Å². The van der Waals surface area contributed by atoms with Gasteiger partial charge < -0.3 is 4.57 Å². The molecule has 1 aromatic rings. The minimum Gasteiger partial charge on any atom is -0.335 e. The predicted molar refractivity (Wildman–Crippen MR) is 57.3 cm³/mol. The molecule has 0 atom stereocenters. The maximum Gasteiger partial charge on any atom is 0.264 e. The van der Waals surface area contributed by atoms with Crippen molar-refractivity contribution < 1.29 is 13.0 Å². The van der Waals surface area contributed by atoms with Gasteiger partial charge in [0.05, 0.1) is 5.75 Å². The van der Waals surface area contributed by atoms with Crippen molar-refractivity contribution in [1.29, 1.82) is 0 Å². The first-order valence-electron chi connectivity index (χ1n) is 4.98. The van der Waals surface area contributed by atoms with Crippen molar-refractivity contribution in [3.05, 3.63) is 18.2 Å².